The molecule has 1 N–H and O–H groups in total. The highest BCUT2D eigenvalue weighted by atomic mass is 16.5. The van der Waals surface area contributed by atoms with E-state index in [4.69, 9.17) is 4.74 Å². The van der Waals surface area contributed by atoms with Gasteiger partial charge in [-0.3, -0.25) is 0 Å². The van der Waals surface area contributed by atoms with Gasteiger partial charge in [0.2, 0.25) is 0 Å². The van der Waals surface area contributed by atoms with Gasteiger partial charge in [0.15, 0.2) is 0 Å². The van der Waals surface area contributed by atoms with Gasteiger partial charge in [0.1, 0.15) is 0 Å². The van der Waals surface area contributed by atoms with Crippen LogP contribution in [0.5, 0.6) is 0 Å². The van der Waals surface area contributed by atoms with Crippen LogP contribution in [0.3, 0.4) is 0 Å². The molecule has 0 heterocycles. The molecule has 1 unspecified atom stereocenters. The fourth-order valence-corrected chi connectivity index (χ4v) is 1.97. The number of methoxy groups -OCH3 is 1. The molecule has 16 heavy (non-hydrogen) atoms. The van der Waals surface area contributed by atoms with Crippen LogP contribution in [0.1, 0.15) is 59.3 Å². The van der Waals surface area contributed by atoms with Crippen molar-refractivity contribution >= 4 is 0 Å². The molecular weight excluding hydrogens is 198 g/mol. The second-order valence-corrected chi connectivity index (χ2v) is 5.00. The Hall–Kier alpha value is -0.0800. The van der Waals surface area contributed by atoms with Gasteiger partial charge in [-0.25, -0.2) is 0 Å². The van der Waals surface area contributed by atoms with Gasteiger partial charge in [-0.05, 0) is 31.7 Å². The van der Waals surface area contributed by atoms with Gasteiger partial charge in [0, 0.05) is 19.8 Å². The van der Waals surface area contributed by atoms with Crippen molar-refractivity contribution in [1.29, 1.82) is 0 Å². The van der Waals surface area contributed by atoms with Gasteiger partial charge < -0.3 is 10.1 Å². The molecule has 0 saturated carbocycles. The quantitative estimate of drug-likeness (QED) is 0.547. The zero-order chi connectivity index (χ0) is 12.2. The summed E-state index contributed by atoms with van der Waals surface area (Å²) in [6.45, 7) is 8.94. The largest absolute Gasteiger partial charge is 0.385 e. The number of rotatable bonds is 11. The molecule has 0 bridgehead atoms. The van der Waals surface area contributed by atoms with E-state index in [9.17, 15) is 0 Å². The first-order chi connectivity index (χ1) is 7.72. The van der Waals surface area contributed by atoms with Gasteiger partial charge in [0.25, 0.3) is 0 Å². The highest BCUT2D eigenvalue weighted by molar-refractivity contribution is 4.70. The van der Waals surface area contributed by atoms with Crippen molar-refractivity contribution in [3.05, 3.63) is 0 Å². The number of unbranched alkanes of at least 4 members (excludes halogenated alkanes) is 3. The predicted octanol–water partition coefficient (Wildman–Crippen LogP) is 3.61. The minimum absolute atomic E-state index is 0.711. The van der Waals surface area contributed by atoms with Crippen LogP contribution < -0.4 is 5.32 Å². The van der Waals surface area contributed by atoms with Crippen LogP contribution in [0.25, 0.3) is 0 Å². The molecule has 0 aromatic rings. The fourth-order valence-electron chi connectivity index (χ4n) is 1.97. The van der Waals surface area contributed by atoms with Crippen molar-refractivity contribution in [1.82, 2.24) is 5.32 Å². The topological polar surface area (TPSA) is 21.3 Å². The summed E-state index contributed by atoms with van der Waals surface area (Å²) in [7, 11) is 1.78. The van der Waals surface area contributed by atoms with Crippen LogP contribution in [0.15, 0.2) is 0 Å². The van der Waals surface area contributed by atoms with Gasteiger partial charge >= 0.3 is 0 Å². The maximum atomic E-state index is 5.05. The Balaban J connectivity index is 3.44. The summed E-state index contributed by atoms with van der Waals surface area (Å²) in [6.07, 6.45) is 7.78. The van der Waals surface area contributed by atoms with E-state index in [1.54, 1.807) is 7.11 Å². The highest BCUT2D eigenvalue weighted by Crippen LogP contribution is 2.12. The van der Waals surface area contributed by atoms with Crippen LogP contribution in [-0.4, -0.2) is 26.3 Å². The molecule has 0 rings (SSSR count). The maximum Gasteiger partial charge on any atom is 0.0462 e. The molecule has 0 aliphatic heterocycles. The third-order valence-electron chi connectivity index (χ3n) is 3.07. The van der Waals surface area contributed by atoms with Crippen molar-refractivity contribution in [2.45, 2.75) is 65.3 Å². The second-order valence-electron chi connectivity index (χ2n) is 5.00. The van der Waals surface area contributed by atoms with E-state index >= 15 is 0 Å². The molecule has 2 nitrogen and oxygen atoms in total. The Labute approximate surface area is 102 Å². The summed E-state index contributed by atoms with van der Waals surface area (Å²) in [6, 6.07) is 0.711. The van der Waals surface area contributed by atoms with E-state index in [0.717, 1.165) is 19.1 Å². The molecule has 2 heteroatoms. The first kappa shape index (κ1) is 15.9. The van der Waals surface area contributed by atoms with Gasteiger partial charge in [-0.2, -0.15) is 0 Å². The van der Waals surface area contributed by atoms with Crippen LogP contribution in [0.2, 0.25) is 0 Å². The standard InChI is InChI=1S/C14H31NO/c1-5-11-15-14(13(2)3)10-8-6-7-9-12-16-4/h13-15H,5-12H2,1-4H3. The normalized spacial score (nSPS) is 13.3. The zero-order valence-electron chi connectivity index (χ0n) is 11.7. The van der Waals surface area contributed by atoms with Crippen molar-refractivity contribution in [2.24, 2.45) is 5.92 Å². The van der Waals surface area contributed by atoms with Crippen molar-refractivity contribution in [2.75, 3.05) is 20.3 Å². The molecule has 0 aromatic carbocycles. The van der Waals surface area contributed by atoms with E-state index in [1.807, 2.05) is 0 Å². The van der Waals surface area contributed by atoms with Crippen molar-refractivity contribution in [3.8, 4) is 0 Å². The minimum Gasteiger partial charge on any atom is -0.385 e. The Bertz CT molecular complexity index is 137. The minimum atomic E-state index is 0.711. The van der Waals surface area contributed by atoms with Gasteiger partial charge in [-0.15, -0.1) is 0 Å². The van der Waals surface area contributed by atoms with Gasteiger partial charge in [-0.1, -0.05) is 40.0 Å². The van der Waals surface area contributed by atoms with Gasteiger partial charge in [0.05, 0.1) is 0 Å². The third-order valence-corrected chi connectivity index (χ3v) is 3.07. The van der Waals surface area contributed by atoms with E-state index in [1.165, 1.54) is 38.5 Å². The zero-order valence-corrected chi connectivity index (χ0v) is 11.7. The smallest absolute Gasteiger partial charge is 0.0462 e. The Morgan fingerprint density at radius 2 is 1.75 bits per heavy atom. The fraction of sp³-hybridized carbons (Fsp3) is 1.00. The highest BCUT2D eigenvalue weighted by Gasteiger charge is 2.11. The Kier molecular flexibility index (Phi) is 11.3. The molecule has 0 aliphatic rings. The van der Waals surface area contributed by atoms with Crippen molar-refractivity contribution < 1.29 is 4.74 Å². The third kappa shape index (κ3) is 9.17. The number of hydrogen-bond acceptors (Lipinski definition) is 2. The molecule has 0 aromatic heterocycles. The Morgan fingerprint density at radius 3 is 2.31 bits per heavy atom. The average molecular weight is 229 g/mol. The lowest BCUT2D eigenvalue weighted by Gasteiger charge is -2.22. The summed E-state index contributed by atoms with van der Waals surface area (Å²) >= 11 is 0. The average Bonchev–Trinajstić information content (AvgIpc) is 2.26. The van der Waals surface area contributed by atoms with E-state index in [2.05, 4.69) is 26.1 Å². The monoisotopic (exact) mass is 229 g/mol. The SMILES string of the molecule is CCCNC(CCCCCCOC)C(C)C. The van der Waals surface area contributed by atoms with Crippen LogP contribution >= 0.6 is 0 Å². The number of nitrogens with one attached hydrogen (secondary N) is 1. The first-order valence-electron chi connectivity index (χ1n) is 6.94. The lowest BCUT2D eigenvalue weighted by molar-refractivity contribution is 0.191. The molecule has 0 radical (unpaired) electrons. The summed E-state index contributed by atoms with van der Waals surface area (Å²) < 4.78 is 5.05. The maximum absolute atomic E-state index is 5.05. The van der Waals surface area contributed by atoms with E-state index in [-0.39, 0.29) is 0 Å². The summed E-state index contributed by atoms with van der Waals surface area (Å²) in [5, 5.41) is 3.65. The van der Waals surface area contributed by atoms with Crippen LogP contribution in [0.4, 0.5) is 0 Å². The number of ether oxygens (including phenoxy) is 1. The molecule has 0 spiro atoms. The second kappa shape index (κ2) is 11.4. The summed E-state index contributed by atoms with van der Waals surface area (Å²) in [5.41, 5.74) is 0. The van der Waals surface area contributed by atoms with Crippen molar-refractivity contribution in [3.63, 3.8) is 0 Å². The predicted molar refractivity (Wildman–Crippen MR) is 71.9 cm³/mol. The Morgan fingerprint density at radius 1 is 1.06 bits per heavy atom. The molecule has 1 atom stereocenters. The lowest BCUT2D eigenvalue weighted by Crippen LogP contribution is -2.34. The molecular formula is C14H31NO. The molecule has 0 amide bonds. The summed E-state index contributed by atoms with van der Waals surface area (Å²) in [4.78, 5) is 0. The molecule has 0 saturated heterocycles. The van der Waals surface area contributed by atoms with E-state index < -0.39 is 0 Å². The number of hydrogen-bond donors (Lipinski definition) is 1. The van der Waals surface area contributed by atoms with Crippen LogP contribution in [-0.2, 0) is 4.74 Å². The lowest BCUT2D eigenvalue weighted by atomic mass is 9.97. The molecule has 0 aliphatic carbocycles. The molecule has 0 fully saturated rings. The first-order valence-corrected chi connectivity index (χ1v) is 6.94. The summed E-state index contributed by atoms with van der Waals surface area (Å²) in [5.74, 6) is 0.755. The molecule has 98 valence electrons. The van der Waals surface area contributed by atoms with Crippen LogP contribution in [0, 0.1) is 5.92 Å². The van der Waals surface area contributed by atoms with E-state index in [0.29, 0.717) is 6.04 Å².